The summed E-state index contributed by atoms with van der Waals surface area (Å²) in [6.07, 6.45) is 0.767. The van der Waals surface area contributed by atoms with Gasteiger partial charge in [-0.3, -0.25) is 4.79 Å². The Hall–Kier alpha value is -1.34. The zero-order valence-corrected chi connectivity index (χ0v) is 8.80. The average molecular weight is 208 g/mol. The van der Waals surface area contributed by atoms with Crippen LogP contribution in [0.4, 0.5) is 0 Å². The van der Waals surface area contributed by atoms with Crippen LogP contribution in [0.15, 0.2) is 17.5 Å². The molecule has 0 bridgehead atoms. The minimum Gasteiger partial charge on any atom is -0.352 e. The Morgan fingerprint density at radius 3 is 3.14 bits per heavy atom. The number of carbonyl (C=O) groups excluding carboxylic acids is 1. The second-order valence-corrected chi connectivity index (χ2v) is 4.12. The van der Waals surface area contributed by atoms with Crippen LogP contribution in [-0.2, 0) is 11.2 Å². The molecular weight excluding hydrogens is 196 g/mol. The molecule has 0 fully saturated rings. The van der Waals surface area contributed by atoms with E-state index < -0.39 is 0 Å². The van der Waals surface area contributed by atoms with Gasteiger partial charge in [0.2, 0.25) is 5.91 Å². The molecule has 1 rings (SSSR count). The third-order valence-corrected chi connectivity index (χ3v) is 2.63. The van der Waals surface area contributed by atoms with Gasteiger partial charge in [0, 0.05) is 17.3 Å². The van der Waals surface area contributed by atoms with Crippen LogP contribution in [0.2, 0.25) is 0 Å². The lowest BCUT2D eigenvalue weighted by atomic mass is 10.2. The molecule has 4 heteroatoms. The lowest BCUT2D eigenvalue weighted by Crippen LogP contribution is -2.33. The molecular formula is C10H12N2OS. The van der Waals surface area contributed by atoms with E-state index in [9.17, 15) is 4.79 Å². The number of nitriles is 1. The van der Waals surface area contributed by atoms with Gasteiger partial charge in [0.15, 0.2) is 0 Å². The number of amides is 1. The highest BCUT2D eigenvalue weighted by Crippen LogP contribution is 2.10. The first-order valence-corrected chi connectivity index (χ1v) is 5.29. The maximum atomic E-state index is 11.1. The molecule has 1 atom stereocenters. The number of nitrogens with one attached hydrogen (secondary N) is 1. The first-order chi connectivity index (χ1) is 6.72. The first-order valence-electron chi connectivity index (χ1n) is 4.41. The van der Waals surface area contributed by atoms with Crippen molar-refractivity contribution < 1.29 is 4.79 Å². The van der Waals surface area contributed by atoms with E-state index in [1.54, 1.807) is 11.3 Å². The number of nitrogens with zero attached hydrogens (tertiary/aromatic N) is 1. The van der Waals surface area contributed by atoms with E-state index in [0.29, 0.717) is 0 Å². The highest BCUT2D eigenvalue weighted by molar-refractivity contribution is 7.09. The Labute approximate surface area is 87.4 Å². The zero-order valence-electron chi connectivity index (χ0n) is 7.99. The zero-order chi connectivity index (χ0) is 10.4. The smallest absolute Gasteiger partial charge is 0.234 e. The molecule has 1 aromatic heterocycles. The summed E-state index contributed by atoms with van der Waals surface area (Å²) in [6.45, 7) is 1.94. The molecule has 1 heterocycles. The van der Waals surface area contributed by atoms with Gasteiger partial charge in [0.05, 0.1) is 6.07 Å². The fourth-order valence-corrected chi connectivity index (χ4v) is 2.01. The lowest BCUT2D eigenvalue weighted by Gasteiger charge is -2.11. The highest BCUT2D eigenvalue weighted by Gasteiger charge is 2.07. The van der Waals surface area contributed by atoms with Crippen LogP contribution in [0.1, 0.15) is 18.2 Å². The van der Waals surface area contributed by atoms with Crippen molar-refractivity contribution in [2.45, 2.75) is 25.8 Å². The minimum atomic E-state index is -0.198. The molecule has 0 radical (unpaired) electrons. The van der Waals surface area contributed by atoms with Crippen molar-refractivity contribution in [3.05, 3.63) is 22.4 Å². The van der Waals surface area contributed by atoms with Crippen molar-refractivity contribution in [1.82, 2.24) is 5.32 Å². The molecule has 0 spiro atoms. The van der Waals surface area contributed by atoms with Crippen LogP contribution in [0, 0.1) is 11.3 Å². The summed E-state index contributed by atoms with van der Waals surface area (Å²) in [4.78, 5) is 12.3. The molecule has 14 heavy (non-hydrogen) atoms. The molecule has 74 valence electrons. The lowest BCUT2D eigenvalue weighted by molar-refractivity contribution is -0.120. The van der Waals surface area contributed by atoms with E-state index in [0.717, 1.165) is 6.42 Å². The van der Waals surface area contributed by atoms with Gasteiger partial charge in [0.25, 0.3) is 0 Å². The SMILES string of the molecule is CC(Cc1cccs1)NC(=O)CC#N. The largest absolute Gasteiger partial charge is 0.352 e. The van der Waals surface area contributed by atoms with Crippen LogP contribution in [-0.4, -0.2) is 11.9 Å². The average Bonchev–Trinajstić information content (AvgIpc) is 2.56. The number of thiophene rings is 1. The second-order valence-electron chi connectivity index (χ2n) is 3.09. The topological polar surface area (TPSA) is 52.9 Å². The van der Waals surface area contributed by atoms with E-state index in [1.165, 1.54) is 4.88 Å². The molecule has 0 saturated carbocycles. The summed E-state index contributed by atoms with van der Waals surface area (Å²) >= 11 is 1.68. The predicted molar refractivity (Wildman–Crippen MR) is 55.9 cm³/mol. The summed E-state index contributed by atoms with van der Waals surface area (Å²) < 4.78 is 0. The Morgan fingerprint density at radius 2 is 2.57 bits per heavy atom. The van der Waals surface area contributed by atoms with Crippen LogP contribution in [0.25, 0.3) is 0 Å². The molecule has 0 saturated heterocycles. The van der Waals surface area contributed by atoms with Gasteiger partial charge < -0.3 is 5.32 Å². The Kier molecular flexibility index (Phi) is 4.14. The van der Waals surface area contributed by atoms with Gasteiger partial charge in [-0.1, -0.05) is 6.07 Å². The third-order valence-electron chi connectivity index (χ3n) is 1.73. The molecule has 1 amide bonds. The van der Waals surface area contributed by atoms with Crippen molar-refractivity contribution in [2.24, 2.45) is 0 Å². The summed E-state index contributed by atoms with van der Waals surface area (Å²) in [5.41, 5.74) is 0. The summed E-state index contributed by atoms with van der Waals surface area (Å²) in [5, 5.41) is 13.1. The fourth-order valence-electron chi connectivity index (χ4n) is 1.18. The van der Waals surface area contributed by atoms with Gasteiger partial charge in [0.1, 0.15) is 6.42 Å². The van der Waals surface area contributed by atoms with Crippen molar-refractivity contribution in [3.63, 3.8) is 0 Å². The highest BCUT2D eigenvalue weighted by atomic mass is 32.1. The number of hydrogen-bond donors (Lipinski definition) is 1. The summed E-state index contributed by atoms with van der Waals surface area (Å²) in [6, 6.07) is 5.94. The van der Waals surface area contributed by atoms with Gasteiger partial charge >= 0.3 is 0 Å². The molecule has 3 nitrogen and oxygen atoms in total. The Bertz CT molecular complexity index is 326. The van der Waals surface area contributed by atoms with E-state index in [2.05, 4.69) is 5.32 Å². The van der Waals surface area contributed by atoms with E-state index in [-0.39, 0.29) is 18.4 Å². The Balaban J connectivity index is 2.33. The van der Waals surface area contributed by atoms with E-state index in [4.69, 9.17) is 5.26 Å². The van der Waals surface area contributed by atoms with Crippen LogP contribution < -0.4 is 5.32 Å². The van der Waals surface area contributed by atoms with Crippen molar-refractivity contribution in [1.29, 1.82) is 5.26 Å². The van der Waals surface area contributed by atoms with E-state index >= 15 is 0 Å². The van der Waals surface area contributed by atoms with Gasteiger partial charge in [-0.2, -0.15) is 5.26 Å². The quantitative estimate of drug-likeness (QED) is 0.819. The Morgan fingerprint density at radius 1 is 1.79 bits per heavy atom. The van der Waals surface area contributed by atoms with Crippen molar-refractivity contribution in [3.8, 4) is 6.07 Å². The fraction of sp³-hybridized carbons (Fsp3) is 0.400. The molecule has 0 aliphatic carbocycles. The van der Waals surface area contributed by atoms with Crippen molar-refractivity contribution >= 4 is 17.2 Å². The van der Waals surface area contributed by atoms with E-state index in [1.807, 2.05) is 30.5 Å². The predicted octanol–water partition coefficient (Wildman–Crippen LogP) is 1.71. The molecule has 0 aliphatic heterocycles. The second kappa shape index (κ2) is 5.40. The number of hydrogen-bond acceptors (Lipinski definition) is 3. The molecule has 1 unspecified atom stereocenters. The number of carbonyl (C=O) groups is 1. The first kappa shape index (κ1) is 10.7. The molecule has 1 aromatic rings. The van der Waals surface area contributed by atoms with Crippen molar-refractivity contribution in [2.75, 3.05) is 0 Å². The van der Waals surface area contributed by atoms with Gasteiger partial charge in [-0.05, 0) is 18.4 Å². The summed E-state index contributed by atoms with van der Waals surface area (Å²) in [7, 11) is 0. The monoisotopic (exact) mass is 208 g/mol. The molecule has 0 aliphatic rings. The summed E-state index contributed by atoms with van der Waals surface area (Å²) in [5.74, 6) is -0.198. The van der Waals surface area contributed by atoms with Crippen LogP contribution >= 0.6 is 11.3 Å². The normalized spacial score (nSPS) is 11.7. The maximum absolute atomic E-state index is 11.1. The number of rotatable bonds is 4. The molecule has 0 aromatic carbocycles. The van der Waals surface area contributed by atoms with Gasteiger partial charge in [-0.15, -0.1) is 11.3 Å². The minimum absolute atomic E-state index is 0.0607. The van der Waals surface area contributed by atoms with Crippen LogP contribution in [0.3, 0.4) is 0 Å². The van der Waals surface area contributed by atoms with Crippen LogP contribution in [0.5, 0.6) is 0 Å². The maximum Gasteiger partial charge on any atom is 0.234 e. The third kappa shape index (κ3) is 3.58. The molecule has 1 N–H and O–H groups in total. The van der Waals surface area contributed by atoms with Gasteiger partial charge in [-0.25, -0.2) is 0 Å². The standard InChI is InChI=1S/C10H12N2OS/c1-8(12-10(13)4-5-11)7-9-3-2-6-14-9/h2-3,6,8H,4,7H2,1H3,(H,12,13).